The van der Waals surface area contributed by atoms with Crippen LogP contribution in [0.2, 0.25) is 0 Å². The largest absolute Gasteiger partial charge is 3.00 e. The monoisotopic (exact) mass is 402 g/mol. The van der Waals surface area contributed by atoms with Crippen molar-refractivity contribution < 1.29 is 60.4 Å². The summed E-state index contributed by atoms with van der Waals surface area (Å²) in [5.74, 6) is 0. The fourth-order valence-corrected chi connectivity index (χ4v) is 0. The van der Waals surface area contributed by atoms with Crippen LogP contribution in [0.3, 0.4) is 0 Å². The second-order valence-electron chi connectivity index (χ2n) is 0. The number of hydrogen-bond acceptors (Lipinski definition) is 0. The van der Waals surface area contributed by atoms with Crippen LogP contribution in [0.1, 0.15) is 0 Å². The smallest absolute Gasteiger partial charge is 1.00 e. The van der Waals surface area contributed by atoms with Gasteiger partial charge in [-0.1, -0.05) is 0 Å². The molecule has 0 saturated heterocycles. The first-order valence-corrected chi connectivity index (χ1v) is 0. The Morgan fingerprint density at radius 3 is 0.429 bits per heavy atom. The summed E-state index contributed by atoms with van der Waals surface area (Å²) < 4.78 is 0. The van der Waals surface area contributed by atoms with Gasteiger partial charge in [-0.15, -0.1) is 0 Å². The number of halogens is 5. The minimum absolute atomic E-state index is 0. The molecule has 0 rings (SSSR count). The van der Waals surface area contributed by atoms with Crippen molar-refractivity contribution >= 4 is 48.9 Å². The standard InChI is InChI=1S/Ba.5FH.Tm/h;5*1H;/q+2;;;;;;+3/p-5. The van der Waals surface area contributed by atoms with E-state index in [1.54, 1.807) is 0 Å². The molecule has 50 valence electrons. The van der Waals surface area contributed by atoms with Crippen LogP contribution in [0.5, 0.6) is 0 Å². The number of hydrogen-bond donors (Lipinski definition) is 0. The minimum Gasteiger partial charge on any atom is -1.00 e. The molecular weight excluding hydrogens is 401 g/mol. The summed E-state index contributed by atoms with van der Waals surface area (Å²) in [7, 11) is 0. The first-order chi connectivity index (χ1) is 0. The van der Waals surface area contributed by atoms with Crippen molar-refractivity contribution in [2.45, 2.75) is 0 Å². The molecule has 0 saturated carbocycles. The molecule has 0 radical (unpaired) electrons. The average molecular weight is 401 g/mol. The van der Waals surface area contributed by atoms with Crippen LogP contribution in [-0.4, -0.2) is 48.9 Å². The summed E-state index contributed by atoms with van der Waals surface area (Å²) in [6, 6.07) is 0. The Balaban J connectivity index is 0. The molecule has 7 heteroatoms. The van der Waals surface area contributed by atoms with Crippen LogP contribution < -0.4 is 23.5 Å². The van der Waals surface area contributed by atoms with Gasteiger partial charge >= 0.3 is 85.8 Å². The normalized spacial score (nSPS) is 0. The predicted octanol–water partition coefficient (Wildman–Crippen LogP) is -15.4. The van der Waals surface area contributed by atoms with Crippen molar-refractivity contribution in [1.29, 1.82) is 0 Å². The third-order valence-electron chi connectivity index (χ3n) is 0. The van der Waals surface area contributed by atoms with Crippen LogP contribution in [-0.2, 0) is 0 Å². The minimum atomic E-state index is 0. The summed E-state index contributed by atoms with van der Waals surface area (Å²) in [5.41, 5.74) is 0. The van der Waals surface area contributed by atoms with Gasteiger partial charge in [0.25, 0.3) is 0 Å². The van der Waals surface area contributed by atoms with E-state index < -0.39 is 0 Å². The molecule has 0 unspecified atom stereocenters. The molecule has 0 spiro atoms. The van der Waals surface area contributed by atoms with E-state index in [1.807, 2.05) is 0 Å². The number of rotatable bonds is 0. The summed E-state index contributed by atoms with van der Waals surface area (Å²) in [4.78, 5) is 0. The fraction of sp³-hybridized carbons (Fsp3) is 0. The Bertz CT molecular complexity index is 8.04. The van der Waals surface area contributed by atoms with Crippen LogP contribution in [0.15, 0.2) is 0 Å². The van der Waals surface area contributed by atoms with E-state index in [9.17, 15) is 0 Å². The van der Waals surface area contributed by atoms with Gasteiger partial charge in [-0.25, -0.2) is 0 Å². The van der Waals surface area contributed by atoms with Crippen molar-refractivity contribution in [2.75, 3.05) is 0 Å². The van der Waals surface area contributed by atoms with Gasteiger partial charge in [0.05, 0.1) is 0 Å². The molecule has 0 aliphatic heterocycles. The second kappa shape index (κ2) is 78.0. The van der Waals surface area contributed by atoms with Gasteiger partial charge in [0.15, 0.2) is 0 Å². The molecule has 0 aliphatic carbocycles. The average Bonchev–Trinajstić information content (AvgIpc) is 0. The summed E-state index contributed by atoms with van der Waals surface area (Å²) >= 11 is 0. The van der Waals surface area contributed by atoms with Crippen molar-refractivity contribution in [3.8, 4) is 0 Å². The maximum atomic E-state index is 0. The molecule has 0 aliphatic rings. The van der Waals surface area contributed by atoms with Crippen LogP contribution in [0.25, 0.3) is 0 Å². The van der Waals surface area contributed by atoms with Gasteiger partial charge in [-0.2, -0.15) is 0 Å². The van der Waals surface area contributed by atoms with Crippen molar-refractivity contribution in [2.24, 2.45) is 0 Å². The van der Waals surface area contributed by atoms with Gasteiger partial charge in [0.1, 0.15) is 0 Å². The van der Waals surface area contributed by atoms with Crippen LogP contribution >= 0.6 is 0 Å². The SMILES string of the molecule is [Ba+2].[F-].[F-].[F-].[F-].[F-].[Tm+3]. The molecule has 0 nitrogen and oxygen atoms in total. The molecule has 0 fully saturated rings. The molecule has 0 aromatic rings. The van der Waals surface area contributed by atoms with Gasteiger partial charge in [-0.05, 0) is 0 Å². The Morgan fingerprint density at radius 1 is 0.429 bits per heavy atom. The summed E-state index contributed by atoms with van der Waals surface area (Å²) in [5, 5.41) is 0. The fourth-order valence-electron chi connectivity index (χ4n) is 0. The molecular formula is BaF5Tm. The summed E-state index contributed by atoms with van der Waals surface area (Å²) in [6.45, 7) is 0. The zero-order valence-electron chi connectivity index (χ0n) is 2.87. The first kappa shape index (κ1) is 112. The maximum absolute atomic E-state index is 0. The zero-order chi connectivity index (χ0) is 0. The molecule has 0 heterocycles. The van der Waals surface area contributed by atoms with Crippen molar-refractivity contribution in [3.63, 3.8) is 0 Å². The zero-order valence-corrected chi connectivity index (χ0v) is 9.09. The van der Waals surface area contributed by atoms with Gasteiger partial charge in [0.2, 0.25) is 0 Å². The second-order valence-corrected chi connectivity index (χ2v) is 0. The van der Waals surface area contributed by atoms with E-state index >= 15 is 0 Å². The van der Waals surface area contributed by atoms with Gasteiger partial charge in [0, 0.05) is 0 Å². The van der Waals surface area contributed by atoms with Crippen molar-refractivity contribution in [1.82, 2.24) is 0 Å². The maximum Gasteiger partial charge on any atom is 3.00 e. The molecule has 0 aromatic carbocycles. The van der Waals surface area contributed by atoms with Crippen molar-refractivity contribution in [3.05, 3.63) is 0 Å². The third kappa shape index (κ3) is 58.4. The van der Waals surface area contributed by atoms with Crippen LogP contribution in [0.4, 0.5) is 0 Å². The predicted molar refractivity (Wildman–Crippen MR) is 5.75 cm³/mol. The quantitative estimate of drug-likeness (QED) is 0.280. The Hall–Kier alpha value is 2.46. The van der Waals surface area contributed by atoms with E-state index in [0.717, 1.165) is 0 Å². The van der Waals surface area contributed by atoms with E-state index in [2.05, 4.69) is 0 Å². The van der Waals surface area contributed by atoms with E-state index in [-0.39, 0.29) is 109 Å². The summed E-state index contributed by atoms with van der Waals surface area (Å²) in [6.07, 6.45) is 0. The first-order valence-electron chi connectivity index (χ1n) is 0. The van der Waals surface area contributed by atoms with Gasteiger partial charge in [-0.3, -0.25) is 0 Å². The Morgan fingerprint density at radius 2 is 0.429 bits per heavy atom. The molecule has 7 heavy (non-hydrogen) atoms. The van der Waals surface area contributed by atoms with Crippen LogP contribution in [0, 0.1) is 36.9 Å². The molecule has 0 atom stereocenters. The molecule has 0 aromatic heterocycles. The molecule has 0 N–H and O–H groups in total. The topological polar surface area (TPSA) is 0 Å². The van der Waals surface area contributed by atoms with E-state index in [0.29, 0.717) is 0 Å². The van der Waals surface area contributed by atoms with Gasteiger partial charge < -0.3 is 23.5 Å². The van der Waals surface area contributed by atoms with E-state index in [1.165, 1.54) is 0 Å². The molecule has 0 bridgehead atoms. The third-order valence-corrected chi connectivity index (χ3v) is 0. The Labute approximate surface area is 107 Å². The van der Waals surface area contributed by atoms with E-state index in [4.69, 9.17) is 0 Å². The molecule has 0 amide bonds. The Kier molecular flexibility index (Phi) is 1250.